The molecule has 0 bridgehead atoms. The number of fused-ring (bicyclic) bond motifs is 1. The number of aromatic nitrogens is 2. The molecule has 10 nitrogen and oxygen atoms in total. The van der Waals surface area contributed by atoms with Crippen molar-refractivity contribution in [2.45, 2.75) is 13.1 Å². The van der Waals surface area contributed by atoms with Crippen LogP contribution < -0.4 is 9.47 Å². The second-order valence-corrected chi connectivity index (χ2v) is 8.11. The van der Waals surface area contributed by atoms with Crippen molar-refractivity contribution in [2.24, 2.45) is 0 Å². The van der Waals surface area contributed by atoms with Crippen molar-refractivity contribution < 1.29 is 19.2 Å². The van der Waals surface area contributed by atoms with Crippen molar-refractivity contribution in [3.63, 3.8) is 0 Å². The molecule has 1 aromatic heterocycles. The monoisotopic (exact) mass is 449 g/mol. The van der Waals surface area contributed by atoms with Gasteiger partial charge in [0.05, 0.1) is 11.5 Å². The SMILES string of the molecule is O=C(c1ccc(Cn2cc([N+](=O)[O-])cn2)cc1)N1CCN(Cc2ccc3c(c2)OCO3)CC1. The molecular formula is C23H23N5O5. The number of carbonyl (C=O) groups excluding carboxylic acids is 1. The summed E-state index contributed by atoms with van der Waals surface area (Å²) in [5, 5.41) is 14.8. The minimum absolute atomic E-state index is 0.0130. The summed E-state index contributed by atoms with van der Waals surface area (Å²) in [4.78, 5) is 27.4. The predicted molar refractivity (Wildman–Crippen MR) is 118 cm³/mol. The Bertz CT molecular complexity index is 1170. The first kappa shape index (κ1) is 21.0. The second-order valence-electron chi connectivity index (χ2n) is 8.11. The van der Waals surface area contributed by atoms with Gasteiger partial charge in [0.25, 0.3) is 5.91 Å². The molecule has 1 saturated heterocycles. The molecule has 0 radical (unpaired) electrons. The number of nitro groups is 1. The van der Waals surface area contributed by atoms with Crippen molar-refractivity contribution in [1.29, 1.82) is 0 Å². The highest BCUT2D eigenvalue weighted by atomic mass is 16.7. The molecule has 170 valence electrons. The molecule has 0 atom stereocenters. The summed E-state index contributed by atoms with van der Waals surface area (Å²) in [5.41, 5.74) is 2.67. The maximum absolute atomic E-state index is 12.9. The van der Waals surface area contributed by atoms with Crippen LogP contribution in [0.3, 0.4) is 0 Å². The Morgan fingerprint density at radius 2 is 1.70 bits per heavy atom. The van der Waals surface area contributed by atoms with E-state index in [0.717, 1.165) is 42.3 Å². The van der Waals surface area contributed by atoms with Crippen LogP contribution in [0, 0.1) is 10.1 Å². The third-order valence-electron chi connectivity index (χ3n) is 5.88. The summed E-state index contributed by atoms with van der Waals surface area (Å²) in [6.45, 7) is 4.42. The van der Waals surface area contributed by atoms with Gasteiger partial charge in [-0.05, 0) is 35.4 Å². The van der Waals surface area contributed by atoms with E-state index in [2.05, 4.69) is 10.00 Å². The quantitative estimate of drug-likeness (QED) is 0.421. The molecule has 0 spiro atoms. The molecule has 5 rings (SSSR count). The Hall–Kier alpha value is -3.92. The number of piperazine rings is 1. The summed E-state index contributed by atoms with van der Waals surface area (Å²) >= 11 is 0. The molecule has 2 aliphatic rings. The zero-order chi connectivity index (χ0) is 22.8. The second kappa shape index (κ2) is 8.91. The summed E-state index contributed by atoms with van der Waals surface area (Å²) in [5.74, 6) is 1.58. The van der Waals surface area contributed by atoms with E-state index in [0.29, 0.717) is 25.2 Å². The van der Waals surface area contributed by atoms with Gasteiger partial charge >= 0.3 is 5.69 Å². The molecule has 33 heavy (non-hydrogen) atoms. The number of ether oxygens (including phenoxy) is 2. The van der Waals surface area contributed by atoms with Gasteiger partial charge in [-0.1, -0.05) is 18.2 Å². The van der Waals surface area contributed by atoms with Gasteiger partial charge in [0, 0.05) is 38.3 Å². The number of rotatable bonds is 6. The van der Waals surface area contributed by atoms with Crippen LogP contribution in [0.5, 0.6) is 11.5 Å². The summed E-state index contributed by atoms with van der Waals surface area (Å²) in [6, 6.07) is 13.3. The van der Waals surface area contributed by atoms with E-state index >= 15 is 0 Å². The standard InChI is InChI=1S/C23H23N5O5/c29-23(19-4-1-17(2-5-19)14-27-15-20(12-24-27)28(30)31)26-9-7-25(8-10-26)13-18-3-6-21-22(11-18)33-16-32-21/h1-6,11-12,15H,7-10,13-14,16H2. The normalized spacial score (nSPS) is 15.6. The van der Waals surface area contributed by atoms with Gasteiger partial charge < -0.3 is 14.4 Å². The minimum Gasteiger partial charge on any atom is -0.454 e. The Morgan fingerprint density at radius 3 is 2.42 bits per heavy atom. The maximum Gasteiger partial charge on any atom is 0.307 e. The van der Waals surface area contributed by atoms with Gasteiger partial charge in [-0.25, -0.2) is 0 Å². The molecule has 0 aliphatic carbocycles. The molecule has 0 saturated carbocycles. The Balaban J connectivity index is 1.14. The topological polar surface area (TPSA) is 103 Å². The summed E-state index contributed by atoms with van der Waals surface area (Å²) in [7, 11) is 0. The lowest BCUT2D eigenvalue weighted by molar-refractivity contribution is -0.385. The zero-order valence-electron chi connectivity index (χ0n) is 17.9. The van der Waals surface area contributed by atoms with Crippen LogP contribution in [0.2, 0.25) is 0 Å². The number of nitrogens with zero attached hydrogens (tertiary/aromatic N) is 5. The van der Waals surface area contributed by atoms with Crippen LogP contribution in [0.1, 0.15) is 21.5 Å². The average Bonchev–Trinajstić information content (AvgIpc) is 3.49. The highest BCUT2D eigenvalue weighted by Gasteiger charge is 2.23. The van der Waals surface area contributed by atoms with E-state index in [1.54, 1.807) is 12.1 Å². The van der Waals surface area contributed by atoms with E-state index in [1.807, 2.05) is 35.2 Å². The molecule has 2 aromatic carbocycles. The number of hydrogen-bond donors (Lipinski definition) is 0. The van der Waals surface area contributed by atoms with Crippen LogP contribution in [-0.4, -0.2) is 63.4 Å². The van der Waals surface area contributed by atoms with Crippen LogP contribution in [0.15, 0.2) is 54.9 Å². The molecule has 1 fully saturated rings. The molecule has 10 heteroatoms. The molecule has 0 unspecified atom stereocenters. The van der Waals surface area contributed by atoms with Gasteiger partial charge in [-0.15, -0.1) is 0 Å². The lowest BCUT2D eigenvalue weighted by Gasteiger charge is -2.34. The molecular weight excluding hydrogens is 426 g/mol. The maximum atomic E-state index is 12.9. The smallest absolute Gasteiger partial charge is 0.307 e. The Morgan fingerprint density at radius 1 is 0.970 bits per heavy atom. The molecule has 1 amide bonds. The molecule has 2 aliphatic heterocycles. The number of amides is 1. The number of benzene rings is 2. The van der Waals surface area contributed by atoms with E-state index < -0.39 is 4.92 Å². The number of carbonyl (C=O) groups is 1. The van der Waals surface area contributed by atoms with Gasteiger partial charge in [0.2, 0.25) is 6.79 Å². The van der Waals surface area contributed by atoms with Crippen molar-refractivity contribution in [2.75, 3.05) is 33.0 Å². The lowest BCUT2D eigenvalue weighted by Crippen LogP contribution is -2.48. The molecule has 3 aromatic rings. The predicted octanol–water partition coefficient (Wildman–Crippen LogP) is 2.53. The summed E-state index contributed by atoms with van der Waals surface area (Å²) < 4.78 is 12.3. The third kappa shape index (κ3) is 4.65. The fraction of sp³-hybridized carbons (Fsp3) is 0.304. The van der Waals surface area contributed by atoms with Crippen molar-refractivity contribution in [1.82, 2.24) is 19.6 Å². The number of hydrogen-bond acceptors (Lipinski definition) is 7. The highest BCUT2D eigenvalue weighted by molar-refractivity contribution is 5.94. The van der Waals surface area contributed by atoms with Crippen LogP contribution in [0.25, 0.3) is 0 Å². The third-order valence-corrected chi connectivity index (χ3v) is 5.88. The highest BCUT2D eigenvalue weighted by Crippen LogP contribution is 2.32. The van der Waals surface area contributed by atoms with E-state index in [1.165, 1.54) is 17.1 Å². The van der Waals surface area contributed by atoms with Crippen molar-refractivity contribution in [3.05, 3.63) is 81.7 Å². The molecule has 0 N–H and O–H groups in total. The van der Waals surface area contributed by atoms with Crippen LogP contribution in [-0.2, 0) is 13.1 Å². The zero-order valence-corrected chi connectivity index (χ0v) is 17.9. The van der Waals surface area contributed by atoms with Gasteiger partial charge in [0.1, 0.15) is 12.4 Å². The fourth-order valence-corrected chi connectivity index (χ4v) is 4.06. The van der Waals surface area contributed by atoms with E-state index in [9.17, 15) is 14.9 Å². The first-order chi connectivity index (χ1) is 16.0. The lowest BCUT2D eigenvalue weighted by atomic mass is 10.1. The largest absolute Gasteiger partial charge is 0.454 e. The van der Waals surface area contributed by atoms with E-state index in [-0.39, 0.29) is 18.4 Å². The first-order valence-corrected chi connectivity index (χ1v) is 10.7. The average molecular weight is 449 g/mol. The summed E-state index contributed by atoms with van der Waals surface area (Å²) in [6.07, 6.45) is 2.62. The van der Waals surface area contributed by atoms with Crippen LogP contribution in [0.4, 0.5) is 5.69 Å². The van der Waals surface area contributed by atoms with Gasteiger partial charge in [-0.3, -0.25) is 24.5 Å². The van der Waals surface area contributed by atoms with Crippen LogP contribution >= 0.6 is 0 Å². The van der Waals surface area contributed by atoms with Gasteiger partial charge in [-0.2, -0.15) is 5.10 Å². The van der Waals surface area contributed by atoms with Gasteiger partial charge in [0.15, 0.2) is 11.5 Å². The van der Waals surface area contributed by atoms with E-state index in [4.69, 9.17) is 9.47 Å². The Kier molecular flexibility index (Phi) is 5.66. The Labute approximate surface area is 190 Å². The van der Waals surface area contributed by atoms with Crippen molar-refractivity contribution >= 4 is 11.6 Å². The van der Waals surface area contributed by atoms with Crippen molar-refractivity contribution in [3.8, 4) is 11.5 Å². The first-order valence-electron chi connectivity index (χ1n) is 10.7. The molecule has 3 heterocycles. The fourth-order valence-electron chi connectivity index (χ4n) is 4.06. The minimum atomic E-state index is -0.472.